The van der Waals surface area contributed by atoms with Crippen LogP contribution in [0.25, 0.3) is 11.1 Å². The van der Waals surface area contributed by atoms with Crippen molar-refractivity contribution in [3.8, 4) is 11.1 Å². The zero-order valence-electron chi connectivity index (χ0n) is 26.3. The van der Waals surface area contributed by atoms with Crippen molar-refractivity contribution in [2.75, 3.05) is 18.4 Å². The number of hydrogen-bond donors (Lipinski definition) is 4. The minimum absolute atomic E-state index is 0.0752. The van der Waals surface area contributed by atoms with Gasteiger partial charge in [-0.3, -0.25) is 19.2 Å². The number of anilines is 1. The van der Waals surface area contributed by atoms with Crippen molar-refractivity contribution in [3.05, 3.63) is 84.6 Å². The lowest BCUT2D eigenvalue weighted by Crippen LogP contribution is -2.48. The third-order valence-electron chi connectivity index (χ3n) is 7.04. The van der Waals surface area contributed by atoms with E-state index in [1.165, 1.54) is 6.92 Å². The van der Waals surface area contributed by atoms with Crippen LogP contribution in [0.15, 0.2) is 79.0 Å². The summed E-state index contributed by atoms with van der Waals surface area (Å²) in [5.74, 6) is -4.84. The second kappa shape index (κ2) is 18.8. The van der Waals surface area contributed by atoms with Gasteiger partial charge >= 0.3 is 18.1 Å². The molecule has 1 unspecified atom stereocenters. The molecule has 4 N–H and O–H groups in total. The van der Waals surface area contributed by atoms with Gasteiger partial charge in [0.05, 0.1) is 12.5 Å². The Hall–Kier alpha value is -5.27. The molecule has 3 rings (SSSR count). The Morgan fingerprint density at radius 1 is 0.812 bits per heavy atom. The van der Waals surface area contributed by atoms with Crippen molar-refractivity contribution in [2.24, 2.45) is 0 Å². The van der Waals surface area contributed by atoms with Crippen LogP contribution >= 0.6 is 0 Å². The maximum Gasteiger partial charge on any atom is 0.491 e. The lowest BCUT2D eigenvalue weighted by Gasteiger charge is -2.24. The van der Waals surface area contributed by atoms with E-state index >= 15 is 0 Å². The van der Waals surface area contributed by atoms with Crippen molar-refractivity contribution in [1.82, 2.24) is 20.9 Å². The van der Waals surface area contributed by atoms with Crippen molar-refractivity contribution >= 4 is 35.5 Å². The minimum atomic E-state index is -5.38. The number of amides is 3. The largest absolute Gasteiger partial charge is 0.491 e. The molecule has 0 saturated heterocycles. The third kappa shape index (κ3) is 13.2. The molecule has 0 saturated carbocycles. The Balaban J connectivity index is 1.73. The first kappa shape index (κ1) is 37.2. The predicted molar refractivity (Wildman–Crippen MR) is 171 cm³/mol. The Bertz CT molecular complexity index is 1510. The summed E-state index contributed by atoms with van der Waals surface area (Å²) in [6, 6.07) is 19.0. The highest BCUT2D eigenvalue weighted by molar-refractivity contribution is 5.90. The molecule has 0 bridgehead atoms. The van der Waals surface area contributed by atoms with Gasteiger partial charge < -0.3 is 26.0 Å². The number of pyridine rings is 1. The molecule has 0 aliphatic heterocycles. The lowest BCUT2D eigenvalue weighted by atomic mass is 9.98. The Kier molecular flexibility index (Phi) is 14.5. The summed E-state index contributed by atoms with van der Waals surface area (Å²) in [6.45, 7) is 2.17. The van der Waals surface area contributed by atoms with Crippen LogP contribution in [0.1, 0.15) is 57.1 Å². The summed E-state index contributed by atoms with van der Waals surface area (Å²) < 4.78 is 42.3. The van der Waals surface area contributed by atoms with Crippen LogP contribution in [0.4, 0.5) is 19.0 Å². The molecule has 0 fully saturated rings. The maximum atomic E-state index is 13.6. The molecule has 11 nitrogen and oxygen atoms in total. The van der Waals surface area contributed by atoms with E-state index in [-0.39, 0.29) is 18.7 Å². The number of hydrogen-bond acceptors (Lipinski definition) is 8. The number of alkyl halides is 3. The number of aromatic nitrogens is 1. The first-order valence-electron chi connectivity index (χ1n) is 15.4. The Labute approximate surface area is 276 Å². The molecule has 3 aromatic rings. The number of benzene rings is 2. The van der Waals surface area contributed by atoms with E-state index in [9.17, 15) is 37.1 Å². The lowest BCUT2D eigenvalue weighted by molar-refractivity contribution is -0.202. The molecule has 0 aliphatic rings. The summed E-state index contributed by atoms with van der Waals surface area (Å²) in [7, 11) is 0. The second-order valence-corrected chi connectivity index (χ2v) is 10.9. The van der Waals surface area contributed by atoms with Crippen LogP contribution in [-0.2, 0) is 28.7 Å². The third-order valence-corrected chi connectivity index (χ3v) is 7.04. The molecule has 256 valence electrons. The average molecular weight is 670 g/mol. The number of unbranched alkanes of at least 4 members (excludes halogenated alkanes) is 1. The minimum Gasteiger partial charge on any atom is -0.386 e. The van der Waals surface area contributed by atoms with Gasteiger partial charge in [0, 0.05) is 32.6 Å². The number of rotatable bonds is 17. The zero-order valence-corrected chi connectivity index (χ0v) is 26.3. The highest BCUT2D eigenvalue weighted by Gasteiger charge is 2.42. The topological polar surface area (TPSA) is 156 Å². The van der Waals surface area contributed by atoms with E-state index in [4.69, 9.17) is 0 Å². The molecule has 14 heteroatoms. The van der Waals surface area contributed by atoms with Crippen LogP contribution in [0, 0.1) is 0 Å². The molecule has 2 atom stereocenters. The number of halogens is 3. The summed E-state index contributed by atoms with van der Waals surface area (Å²) >= 11 is 0. The van der Waals surface area contributed by atoms with Gasteiger partial charge in [-0.05, 0) is 54.5 Å². The molecule has 0 radical (unpaired) electrons. The molecule has 48 heavy (non-hydrogen) atoms. The first-order valence-corrected chi connectivity index (χ1v) is 15.4. The fraction of sp³-hybridized carbons (Fsp3) is 0.353. The van der Waals surface area contributed by atoms with Gasteiger partial charge in [-0.1, -0.05) is 60.7 Å². The Morgan fingerprint density at radius 2 is 1.50 bits per heavy atom. The highest BCUT2D eigenvalue weighted by Crippen LogP contribution is 2.25. The van der Waals surface area contributed by atoms with E-state index in [1.54, 1.807) is 42.6 Å². The SMILES string of the molecule is CC(=O)NCCCC[C@H](NC(=O)CCCNc1ccccn1)C(=O)NC(CC(=O)OC(=O)C(F)(F)F)c1ccc(-c2ccccc2)cc1. The van der Waals surface area contributed by atoms with Crippen molar-refractivity contribution in [1.29, 1.82) is 0 Å². The predicted octanol–water partition coefficient (Wildman–Crippen LogP) is 4.61. The molecular formula is C34H38F3N5O6. The molecule has 3 amide bonds. The van der Waals surface area contributed by atoms with Gasteiger partial charge in [-0.15, -0.1) is 0 Å². The number of nitrogens with one attached hydrogen (secondary N) is 4. The monoisotopic (exact) mass is 669 g/mol. The highest BCUT2D eigenvalue weighted by atomic mass is 19.4. The number of ether oxygens (including phenoxy) is 1. The normalized spacial score (nSPS) is 12.2. The van der Waals surface area contributed by atoms with E-state index in [2.05, 4.69) is 31.0 Å². The van der Waals surface area contributed by atoms with Crippen molar-refractivity contribution in [3.63, 3.8) is 0 Å². The van der Waals surface area contributed by atoms with Gasteiger partial charge in [-0.2, -0.15) is 13.2 Å². The van der Waals surface area contributed by atoms with Gasteiger partial charge in [0.15, 0.2) is 0 Å². The fourth-order valence-corrected chi connectivity index (χ4v) is 4.64. The van der Waals surface area contributed by atoms with Gasteiger partial charge in [0.2, 0.25) is 17.7 Å². The van der Waals surface area contributed by atoms with Crippen molar-refractivity contribution in [2.45, 2.75) is 63.7 Å². The van der Waals surface area contributed by atoms with Crippen LogP contribution < -0.4 is 21.3 Å². The summed E-state index contributed by atoms with van der Waals surface area (Å²) in [5, 5.41) is 11.1. The second-order valence-electron chi connectivity index (χ2n) is 10.9. The van der Waals surface area contributed by atoms with Crippen LogP contribution in [0.3, 0.4) is 0 Å². The van der Waals surface area contributed by atoms with Crippen LogP contribution in [0.5, 0.6) is 0 Å². The average Bonchev–Trinajstić information content (AvgIpc) is 3.06. The Morgan fingerprint density at radius 3 is 2.15 bits per heavy atom. The fourth-order valence-electron chi connectivity index (χ4n) is 4.64. The zero-order chi connectivity index (χ0) is 34.9. The van der Waals surface area contributed by atoms with Crippen LogP contribution in [-0.4, -0.2) is 60.0 Å². The van der Waals surface area contributed by atoms with E-state index in [0.29, 0.717) is 43.7 Å². The van der Waals surface area contributed by atoms with E-state index < -0.39 is 48.4 Å². The smallest absolute Gasteiger partial charge is 0.386 e. The van der Waals surface area contributed by atoms with E-state index in [0.717, 1.165) is 11.1 Å². The molecule has 2 aromatic carbocycles. The number of esters is 2. The number of carbonyl (C=O) groups excluding carboxylic acids is 5. The van der Waals surface area contributed by atoms with E-state index in [1.807, 2.05) is 36.4 Å². The molecule has 0 aliphatic carbocycles. The molecular weight excluding hydrogens is 631 g/mol. The quantitative estimate of drug-likeness (QED) is 0.0923. The first-order chi connectivity index (χ1) is 22.9. The number of carbonyl (C=O) groups is 5. The van der Waals surface area contributed by atoms with Crippen LogP contribution in [0.2, 0.25) is 0 Å². The molecule has 1 heterocycles. The van der Waals surface area contributed by atoms with Crippen molar-refractivity contribution < 1.29 is 41.9 Å². The standard InChI is InChI=1S/C34H38F3N5O6/c1-23(43)38-19-7-5-12-27(41-30(44)14-9-21-40-29-13-6-8-20-39-29)32(46)42-28(22-31(45)48-33(47)34(35,36)37)26-17-15-25(16-18-26)24-10-3-2-4-11-24/h2-4,6,8,10-11,13,15-18,20,27-28H,5,7,9,12,14,19,21-22H2,1H3,(H,38,43)(H,39,40)(H,41,44)(H,42,46)/t27-,28?/m0/s1. The summed E-state index contributed by atoms with van der Waals surface area (Å²) in [5.41, 5.74) is 2.05. The molecule has 1 aromatic heterocycles. The number of nitrogens with zero attached hydrogens (tertiary/aromatic N) is 1. The molecule has 0 spiro atoms. The maximum absolute atomic E-state index is 13.6. The van der Waals surface area contributed by atoms with Gasteiger partial charge in [0.1, 0.15) is 11.9 Å². The van der Waals surface area contributed by atoms with Gasteiger partial charge in [0.25, 0.3) is 0 Å². The van der Waals surface area contributed by atoms with Gasteiger partial charge in [-0.25, -0.2) is 9.78 Å². The summed E-state index contributed by atoms with van der Waals surface area (Å²) in [6.07, 6.45) is -2.95. The summed E-state index contributed by atoms with van der Waals surface area (Å²) in [4.78, 5) is 65.6.